The number of aliphatic hydroxyl groups excluding tert-OH is 1. The molecule has 10 nitrogen and oxygen atoms in total. The van der Waals surface area contributed by atoms with E-state index in [9.17, 15) is 9.90 Å². The molecule has 1 amide bonds. The van der Waals surface area contributed by atoms with Gasteiger partial charge in [0.05, 0.1) is 18.0 Å². The molecule has 3 aromatic rings. The van der Waals surface area contributed by atoms with Gasteiger partial charge < -0.3 is 20.6 Å². The van der Waals surface area contributed by atoms with E-state index in [0.29, 0.717) is 36.2 Å². The molecule has 38 heavy (non-hydrogen) atoms. The first kappa shape index (κ1) is 26.3. The van der Waals surface area contributed by atoms with E-state index < -0.39 is 18.0 Å². The Morgan fingerprint density at radius 3 is 2.58 bits per heavy atom. The molecule has 1 aromatic carbocycles. The summed E-state index contributed by atoms with van der Waals surface area (Å²) < 4.78 is 15.2. The molecule has 0 saturated carbocycles. The van der Waals surface area contributed by atoms with Crippen molar-refractivity contribution < 1.29 is 14.3 Å². The Bertz CT molecular complexity index is 1320. The van der Waals surface area contributed by atoms with E-state index in [4.69, 9.17) is 11.6 Å². The normalized spacial score (nSPS) is 20.6. The lowest BCUT2D eigenvalue weighted by atomic mass is 9.86. The van der Waals surface area contributed by atoms with E-state index >= 15 is 4.39 Å². The standard InChI is InChI=1S/C26H32ClFN8O2/c1-14-10-20(30-26-29-13-18(27)24(32-26)31-22-11-15(2)33-34-22)19(28)12-17(14)16-4-8-36(9-5-16)25(38)23-21(37)6-7-35(23)3/h10-13,16,21,23,37H,4-9H2,1-3H3,(H3,29,30,31,32,33,34). The minimum Gasteiger partial charge on any atom is -0.391 e. The molecule has 12 heteroatoms. The van der Waals surface area contributed by atoms with Crippen LogP contribution < -0.4 is 10.6 Å². The minimum atomic E-state index is -0.618. The van der Waals surface area contributed by atoms with Gasteiger partial charge in [-0.15, -0.1) is 0 Å². The average molecular weight is 543 g/mol. The smallest absolute Gasteiger partial charge is 0.242 e. The number of halogens is 2. The molecule has 0 radical (unpaired) electrons. The van der Waals surface area contributed by atoms with Gasteiger partial charge in [-0.1, -0.05) is 11.6 Å². The second-order valence-electron chi connectivity index (χ2n) is 10.1. The van der Waals surface area contributed by atoms with Crippen molar-refractivity contribution in [3.63, 3.8) is 0 Å². The number of aromatic nitrogens is 4. The number of carbonyl (C=O) groups excluding carboxylic acids is 1. The highest BCUT2D eigenvalue weighted by Crippen LogP contribution is 2.34. The van der Waals surface area contributed by atoms with Crippen LogP contribution in [0.5, 0.6) is 0 Å². The Balaban J connectivity index is 1.25. The van der Waals surface area contributed by atoms with Crippen LogP contribution in [-0.2, 0) is 4.79 Å². The van der Waals surface area contributed by atoms with Crippen molar-refractivity contribution in [1.29, 1.82) is 0 Å². The number of piperidine rings is 1. The second-order valence-corrected chi connectivity index (χ2v) is 10.6. The van der Waals surface area contributed by atoms with Crippen molar-refractivity contribution in [3.05, 3.63) is 52.1 Å². The summed E-state index contributed by atoms with van der Waals surface area (Å²) in [5.41, 5.74) is 3.03. The van der Waals surface area contributed by atoms with Crippen molar-refractivity contribution >= 4 is 40.8 Å². The van der Waals surface area contributed by atoms with E-state index in [1.807, 2.05) is 36.8 Å². The molecule has 2 aliphatic rings. The lowest BCUT2D eigenvalue weighted by Crippen LogP contribution is -2.50. The van der Waals surface area contributed by atoms with Crippen LogP contribution in [0.1, 0.15) is 42.0 Å². The number of benzene rings is 1. The number of rotatable bonds is 6. The van der Waals surface area contributed by atoms with Crippen molar-refractivity contribution in [2.24, 2.45) is 0 Å². The Kier molecular flexibility index (Phi) is 7.51. The van der Waals surface area contributed by atoms with Gasteiger partial charge in [0.2, 0.25) is 11.9 Å². The molecular weight excluding hydrogens is 511 g/mol. The van der Waals surface area contributed by atoms with Gasteiger partial charge >= 0.3 is 0 Å². The van der Waals surface area contributed by atoms with E-state index in [1.165, 1.54) is 6.20 Å². The number of amides is 1. The number of aryl methyl sites for hydroxylation is 2. The Morgan fingerprint density at radius 2 is 1.92 bits per heavy atom. The number of aliphatic hydroxyl groups is 1. The van der Waals surface area contributed by atoms with Crippen LogP contribution >= 0.6 is 11.6 Å². The first-order valence-electron chi connectivity index (χ1n) is 12.8. The number of hydrogen-bond donors (Lipinski definition) is 4. The number of aromatic amines is 1. The number of nitrogens with one attached hydrogen (secondary N) is 3. The maximum atomic E-state index is 15.2. The quantitative estimate of drug-likeness (QED) is 0.370. The van der Waals surface area contributed by atoms with E-state index in [2.05, 4.69) is 30.8 Å². The number of H-pyrrole nitrogens is 1. The van der Waals surface area contributed by atoms with Gasteiger partial charge in [-0.3, -0.25) is 14.8 Å². The summed E-state index contributed by atoms with van der Waals surface area (Å²) in [5, 5.41) is 23.5. The number of nitrogens with zero attached hydrogens (tertiary/aromatic N) is 5. The van der Waals surface area contributed by atoms with Crippen LogP contribution in [-0.4, -0.2) is 79.8 Å². The monoisotopic (exact) mass is 542 g/mol. The van der Waals surface area contributed by atoms with Gasteiger partial charge in [-0.2, -0.15) is 10.1 Å². The summed E-state index contributed by atoms with van der Waals surface area (Å²) in [6, 6.07) is 4.67. The zero-order valence-electron chi connectivity index (χ0n) is 21.6. The predicted molar refractivity (Wildman–Crippen MR) is 144 cm³/mol. The lowest BCUT2D eigenvalue weighted by molar-refractivity contribution is -0.139. The second kappa shape index (κ2) is 10.8. The van der Waals surface area contributed by atoms with E-state index in [1.54, 1.807) is 12.1 Å². The highest BCUT2D eigenvalue weighted by Gasteiger charge is 2.39. The molecule has 2 atom stereocenters. The molecule has 202 valence electrons. The molecule has 2 aliphatic heterocycles. The van der Waals surface area contributed by atoms with Crippen LogP contribution in [0, 0.1) is 19.7 Å². The molecule has 4 heterocycles. The third-order valence-electron chi connectivity index (χ3n) is 7.42. The van der Waals surface area contributed by atoms with Gasteiger partial charge in [0.25, 0.3) is 0 Å². The fraction of sp³-hybridized carbons (Fsp3) is 0.462. The largest absolute Gasteiger partial charge is 0.391 e. The maximum absolute atomic E-state index is 15.2. The summed E-state index contributed by atoms with van der Waals surface area (Å²) in [7, 11) is 1.87. The molecule has 2 fully saturated rings. The first-order valence-corrected chi connectivity index (χ1v) is 13.1. The molecule has 2 aromatic heterocycles. The van der Waals surface area contributed by atoms with Crippen molar-refractivity contribution in [2.45, 2.75) is 51.2 Å². The van der Waals surface area contributed by atoms with Gasteiger partial charge in [-0.25, -0.2) is 9.37 Å². The maximum Gasteiger partial charge on any atom is 0.242 e. The van der Waals surface area contributed by atoms with Crippen LogP contribution in [0.3, 0.4) is 0 Å². The number of likely N-dealkylation sites (N-methyl/N-ethyl adjacent to an activating group) is 1. The summed E-state index contributed by atoms with van der Waals surface area (Å²) in [4.78, 5) is 25.3. The van der Waals surface area contributed by atoms with Gasteiger partial charge in [0.1, 0.15) is 16.9 Å². The molecule has 0 aliphatic carbocycles. The van der Waals surface area contributed by atoms with Crippen molar-refractivity contribution in [2.75, 3.05) is 37.3 Å². The Hall–Kier alpha value is -3.28. The van der Waals surface area contributed by atoms with Crippen LogP contribution in [0.25, 0.3) is 0 Å². The summed E-state index contributed by atoms with van der Waals surface area (Å²) in [5.74, 6) is 0.824. The van der Waals surface area contributed by atoms with Crippen LogP contribution in [0.4, 0.5) is 27.7 Å². The number of hydrogen-bond acceptors (Lipinski definition) is 8. The lowest BCUT2D eigenvalue weighted by Gasteiger charge is -2.36. The van der Waals surface area contributed by atoms with E-state index in [0.717, 1.165) is 36.2 Å². The summed E-state index contributed by atoms with van der Waals surface area (Å²) >= 11 is 6.23. The molecule has 4 N–H and O–H groups in total. The van der Waals surface area contributed by atoms with Gasteiger partial charge in [-0.05, 0) is 69.3 Å². The number of anilines is 4. The topological polar surface area (TPSA) is 122 Å². The third kappa shape index (κ3) is 5.45. The van der Waals surface area contributed by atoms with Crippen molar-refractivity contribution in [1.82, 2.24) is 30.0 Å². The number of carbonyl (C=O) groups is 1. The first-order chi connectivity index (χ1) is 18.2. The van der Waals surface area contributed by atoms with E-state index in [-0.39, 0.29) is 23.5 Å². The third-order valence-corrected chi connectivity index (χ3v) is 7.69. The summed E-state index contributed by atoms with van der Waals surface area (Å²) in [6.45, 7) is 5.73. The molecule has 2 saturated heterocycles. The SMILES string of the molecule is Cc1cc(Nc2nc(Nc3cc(C)c(C4CCN(C(=O)C5C(O)CCN5C)CC4)cc3F)ncc2Cl)n[nH]1. The van der Waals surface area contributed by atoms with Crippen molar-refractivity contribution in [3.8, 4) is 0 Å². The van der Waals surface area contributed by atoms with Crippen LogP contribution in [0.15, 0.2) is 24.4 Å². The Morgan fingerprint density at radius 1 is 1.16 bits per heavy atom. The molecule has 0 spiro atoms. The molecular formula is C26H32ClFN8O2. The fourth-order valence-corrected chi connectivity index (χ4v) is 5.49. The van der Waals surface area contributed by atoms with Crippen LogP contribution in [0.2, 0.25) is 5.02 Å². The fourth-order valence-electron chi connectivity index (χ4n) is 5.35. The summed E-state index contributed by atoms with van der Waals surface area (Å²) in [6.07, 6.45) is 2.92. The molecule has 2 unspecified atom stereocenters. The highest BCUT2D eigenvalue weighted by atomic mass is 35.5. The molecule has 5 rings (SSSR count). The van der Waals surface area contributed by atoms with Gasteiger partial charge in [0, 0.05) is 31.4 Å². The number of likely N-dealkylation sites (tertiary alicyclic amines) is 2. The molecule has 0 bridgehead atoms. The predicted octanol–water partition coefficient (Wildman–Crippen LogP) is 3.87. The zero-order valence-corrected chi connectivity index (χ0v) is 22.4. The zero-order chi connectivity index (χ0) is 27.0. The highest BCUT2D eigenvalue weighted by molar-refractivity contribution is 6.32. The minimum absolute atomic E-state index is 0.0161. The average Bonchev–Trinajstić information content (AvgIpc) is 3.46. The van der Waals surface area contributed by atoms with Gasteiger partial charge in [0.15, 0.2) is 11.6 Å². The Labute approximate surface area is 225 Å².